The summed E-state index contributed by atoms with van der Waals surface area (Å²) in [5.74, 6) is 0.821. The Bertz CT molecular complexity index is 609. The Labute approximate surface area is 136 Å². The first-order valence-electron chi connectivity index (χ1n) is 7.67. The molecule has 0 radical (unpaired) electrons. The number of guanidine groups is 1. The summed E-state index contributed by atoms with van der Waals surface area (Å²) in [5, 5.41) is 9.14. The van der Waals surface area contributed by atoms with Crippen molar-refractivity contribution < 1.29 is 9.21 Å². The van der Waals surface area contributed by atoms with E-state index in [9.17, 15) is 4.79 Å². The van der Waals surface area contributed by atoms with Crippen molar-refractivity contribution in [1.82, 2.24) is 16.0 Å². The lowest BCUT2D eigenvalue weighted by atomic mass is 10.2. The summed E-state index contributed by atoms with van der Waals surface area (Å²) >= 11 is 0. The second kappa shape index (κ2) is 9.30. The molecule has 0 fully saturated rings. The van der Waals surface area contributed by atoms with Crippen LogP contribution in [0.2, 0.25) is 0 Å². The minimum absolute atomic E-state index is 0.219. The fourth-order valence-corrected chi connectivity index (χ4v) is 1.95. The average molecular weight is 314 g/mol. The predicted octanol–water partition coefficient (Wildman–Crippen LogP) is 1.76. The molecule has 1 aromatic heterocycles. The average Bonchev–Trinajstić information content (AvgIpc) is 3.12. The highest BCUT2D eigenvalue weighted by Crippen LogP contribution is 2.00. The topological polar surface area (TPSA) is 78.7 Å². The smallest absolute Gasteiger partial charge is 0.287 e. The maximum absolute atomic E-state index is 11.7. The van der Waals surface area contributed by atoms with Crippen LogP contribution in [0.25, 0.3) is 0 Å². The van der Waals surface area contributed by atoms with Gasteiger partial charge in [0.1, 0.15) is 0 Å². The van der Waals surface area contributed by atoms with Crippen molar-refractivity contribution in [2.24, 2.45) is 4.99 Å². The lowest BCUT2D eigenvalue weighted by molar-refractivity contribution is 0.0926. The molecular formula is C17H22N4O2. The number of aliphatic imine (C=N–C) groups is 1. The molecule has 0 bridgehead atoms. The highest BCUT2D eigenvalue weighted by Gasteiger charge is 2.06. The minimum Gasteiger partial charge on any atom is -0.459 e. The number of carbonyl (C=O) groups excluding carboxylic acids is 1. The van der Waals surface area contributed by atoms with Gasteiger partial charge in [0.2, 0.25) is 0 Å². The van der Waals surface area contributed by atoms with E-state index >= 15 is 0 Å². The quantitative estimate of drug-likeness (QED) is 0.413. The molecular weight excluding hydrogens is 292 g/mol. The van der Waals surface area contributed by atoms with Crippen LogP contribution >= 0.6 is 0 Å². The SMILES string of the molecule is CCNC(=NCc1ccccc1)NCCNC(=O)c1ccco1. The van der Waals surface area contributed by atoms with Crippen molar-refractivity contribution >= 4 is 11.9 Å². The number of rotatable bonds is 7. The zero-order chi connectivity index (χ0) is 16.3. The number of benzene rings is 1. The van der Waals surface area contributed by atoms with Crippen molar-refractivity contribution in [3.05, 3.63) is 60.1 Å². The molecule has 0 spiro atoms. The van der Waals surface area contributed by atoms with Gasteiger partial charge in [-0.2, -0.15) is 0 Å². The maximum Gasteiger partial charge on any atom is 0.287 e. The number of amides is 1. The van der Waals surface area contributed by atoms with Gasteiger partial charge in [-0.1, -0.05) is 30.3 Å². The number of hydrogen-bond donors (Lipinski definition) is 3. The summed E-state index contributed by atoms with van der Waals surface area (Å²) in [6.45, 7) is 4.45. The molecule has 23 heavy (non-hydrogen) atoms. The lowest BCUT2D eigenvalue weighted by Gasteiger charge is -2.11. The molecule has 1 aromatic carbocycles. The summed E-state index contributed by atoms with van der Waals surface area (Å²) in [7, 11) is 0. The highest BCUT2D eigenvalue weighted by atomic mass is 16.3. The zero-order valence-electron chi connectivity index (χ0n) is 13.2. The van der Waals surface area contributed by atoms with Crippen LogP contribution in [0.15, 0.2) is 58.1 Å². The molecule has 1 heterocycles. The lowest BCUT2D eigenvalue weighted by Crippen LogP contribution is -2.41. The molecule has 2 rings (SSSR count). The van der Waals surface area contributed by atoms with Crippen LogP contribution in [-0.2, 0) is 6.54 Å². The molecule has 0 aliphatic carbocycles. The predicted molar refractivity (Wildman–Crippen MR) is 90.3 cm³/mol. The Morgan fingerprint density at radius 2 is 1.83 bits per heavy atom. The first kappa shape index (κ1) is 16.6. The van der Waals surface area contributed by atoms with Crippen LogP contribution in [-0.4, -0.2) is 31.5 Å². The van der Waals surface area contributed by atoms with E-state index in [0.29, 0.717) is 25.4 Å². The summed E-state index contributed by atoms with van der Waals surface area (Å²) in [4.78, 5) is 16.2. The standard InChI is InChI=1S/C17H22N4O2/c1-2-18-17(21-13-14-7-4-3-5-8-14)20-11-10-19-16(22)15-9-6-12-23-15/h3-9,12H,2,10-11,13H2,1H3,(H,19,22)(H2,18,20,21). The van der Waals surface area contributed by atoms with Crippen molar-refractivity contribution in [1.29, 1.82) is 0 Å². The first-order valence-corrected chi connectivity index (χ1v) is 7.67. The van der Waals surface area contributed by atoms with Gasteiger partial charge in [0.05, 0.1) is 12.8 Å². The Morgan fingerprint density at radius 3 is 2.52 bits per heavy atom. The third-order valence-electron chi connectivity index (χ3n) is 3.05. The Hall–Kier alpha value is -2.76. The van der Waals surface area contributed by atoms with E-state index in [2.05, 4.69) is 20.9 Å². The fraction of sp³-hybridized carbons (Fsp3) is 0.294. The normalized spacial score (nSPS) is 11.1. The number of carbonyl (C=O) groups is 1. The van der Waals surface area contributed by atoms with Gasteiger partial charge < -0.3 is 20.4 Å². The summed E-state index contributed by atoms with van der Waals surface area (Å²) in [5.41, 5.74) is 1.15. The van der Waals surface area contributed by atoms with E-state index in [1.807, 2.05) is 37.3 Å². The monoisotopic (exact) mass is 314 g/mol. The molecule has 2 aromatic rings. The van der Waals surface area contributed by atoms with Crippen LogP contribution < -0.4 is 16.0 Å². The van der Waals surface area contributed by atoms with E-state index < -0.39 is 0 Å². The molecule has 0 saturated carbocycles. The maximum atomic E-state index is 11.7. The van der Waals surface area contributed by atoms with Gasteiger partial charge in [0.15, 0.2) is 11.7 Å². The van der Waals surface area contributed by atoms with E-state index in [-0.39, 0.29) is 5.91 Å². The third-order valence-corrected chi connectivity index (χ3v) is 3.05. The molecule has 122 valence electrons. The van der Waals surface area contributed by atoms with Crippen LogP contribution in [0.1, 0.15) is 23.0 Å². The molecule has 0 aliphatic rings. The first-order chi connectivity index (χ1) is 11.3. The van der Waals surface area contributed by atoms with E-state index in [4.69, 9.17) is 4.42 Å². The molecule has 0 atom stereocenters. The van der Waals surface area contributed by atoms with E-state index in [1.165, 1.54) is 6.26 Å². The van der Waals surface area contributed by atoms with Gasteiger partial charge in [-0.25, -0.2) is 4.99 Å². The minimum atomic E-state index is -0.219. The zero-order valence-corrected chi connectivity index (χ0v) is 13.2. The molecule has 1 amide bonds. The summed E-state index contributed by atoms with van der Waals surface area (Å²) in [6.07, 6.45) is 1.48. The fourth-order valence-electron chi connectivity index (χ4n) is 1.95. The summed E-state index contributed by atoms with van der Waals surface area (Å²) in [6, 6.07) is 13.4. The van der Waals surface area contributed by atoms with Gasteiger partial charge in [-0.15, -0.1) is 0 Å². The second-order valence-corrected chi connectivity index (χ2v) is 4.84. The van der Waals surface area contributed by atoms with Gasteiger partial charge in [0, 0.05) is 19.6 Å². The molecule has 3 N–H and O–H groups in total. The van der Waals surface area contributed by atoms with Gasteiger partial charge in [-0.3, -0.25) is 4.79 Å². The van der Waals surface area contributed by atoms with Gasteiger partial charge in [-0.05, 0) is 24.6 Å². The van der Waals surface area contributed by atoms with Crippen LogP contribution in [0.3, 0.4) is 0 Å². The van der Waals surface area contributed by atoms with Gasteiger partial charge >= 0.3 is 0 Å². The largest absolute Gasteiger partial charge is 0.459 e. The highest BCUT2D eigenvalue weighted by molar-refractivity contribution is 5.91. The van der Waals surface area contributed by atoms with Crippen molar-refractivity contribution in [3.63, 3.8) is 0 Å². The molecule has 0 unspecified atom stereocenters. The Balaban J connectivity index is 1.75. The molecule has 6 nitrogen and oxygen atoms in total. The number of nitrogens with one attached hydrogen (secondary N) is 3. The molecule has 6 heteroatoms. The third kappa shape index (κ3) is 5.86. The molecule has 0 saturated heterocycles. The van der Waals surface area contributed by atoms with Crippen molar-refractivity contribution in [2.75, 3.05) is 19.6 Å². The van der Waals surface area contributed by atoms with Crippen LogP contribution in [0, 0.1) is 0 Å². The summed E-state index contributed by atoms with van der Waals surface area (Å²) < 4.78 is 5.03. The number of nitrogens with zero attached hydrogens (tertiary/aromatic N) is 1. The van der Waals surface area contributed by atoms with Crippen LogP contribution in [0.4, 0.5) is 0 Å². The van der Waals surface area contributed by atoms with Crippen molar-refractivity contribution in [2.45, 2.75) is 13.5 Å². The van der Waals surface area contributed by atoms with Crippen LogP contribution in [0.5, 0.6) is 0 Å². The Kier molecular flexibility index (Phi) is 6.71. The number of furan rings is 1. The molecule has 0 aliphatic heterocycles. The van der Waals surface area contributed by atoms with Gasteiger partial charge in [0.25, 0.3) is 5.91 Å². The van der Waals surface area contributed by atoms with Crippen molar-refractivity contribution in [3.8, 4) is 0 Å². The number of hydrogen-bond acceptors (Lipinski definition) is 3. The van der Waals surface area contributed by atoms with E-state index in [0.717, 1.165) is 18.1 Å². The Morgan fingerprint density at radius 1 is 1.04 bits per heavy atom. The van der Waals surface area contributed by atoms with E-state index in [1.54, 1.807) is 12.1 Å². The second-order valence-electron chi connectivity index (χ2n) is 4.84.